The molecular weight excluding hydrogens is 358 g/mol. The fraction of sp³-hybridized carbons (Fsp3) is 0.731. The van der Waals surface area contributed by atoms with Gasteiger partial charge in [0.1, 0.15) is 5.75 Å². The first-order valence-corrected chi connectivity index (χ1v) is 11.7. The number of hydrogen-bond acceptors (Lipinski definition) is 2. The van der Waals surface area contributed by atoms with Crippen LogP contribution in [0.1, 0.15) is 91.0 Å². The van der Waals surface area contributed by atoms with Gasteiger partial charge in [0, 0.05) is 5.54 Å². The van der Waals surface area contributed by atoms with Crippen molar-refractivity contribution in [3.05, 3.63) is 29.8 Å². The van der Waals surface area contributed by atoms with Gasteiger partial charge in [0.25, 0.3) is 0 Å². The summed E-state index contributed by atoms with van der Waals surface area (Å²) in [5, 5.41) is 3.30. The highest BCUT2D eigenvalue weighted by molar-refractivity contribution is 5.71. The number of amides is 1. The fourth-order valence-corrected chi connectivity index (χ4v) is 6.84. The molecule has 160 valence electrons. The van der Waals surface area contributed by atoms with Gasteiger partial charge in [0.05, 0.1) is 0 Å². The van der Waals surface area contributed by atoms with Gasteiger partial charge >= 0.3 is 6.09 Å². The van der Waals surface area contributed by atoms with Crippen molar-refractivity contribution in [1.29, 1.82) is 0 Å². The molecule has 1 N–H and O–H groups in total. The summed E-state index contributed by atoms with van der Waals surface area (Å²) < 4.78 is 5.70. The van der Waals surface area contributed by atoms with Crippen LogP contribution in [0.3, 0.4) is 0 Å². The number of hydrogen-bond donors (Lipinski definition) is 1. The molecule has 4 fully saturated rings. The van der Waals surface area contributed by atoms with Crippen molar-refractivity contribution < 1.29 is 9.53 Å². The minimum absolute atomic E-state index is 0.000366. The zero-order chi connectivity index (χ0) is 20.8. The maximum absolute atomic E-state index is 12.7. The molecule has 4 saturated carbocycles. The van der Waals surface area contributed by atoms with E-state index in [1.807, 2.05) is 12.1 Å². The SMILES string of the molecule is CC(C)CC(c1ccc(OC(=O)NC23CC4CC(CC(C4)C2)C3)cc1)C(C)(C)C. The van der Waals surface area contributed by atoms with Gasteiger partial charge in [-0.25, -0.2) is 4.79 Å². The molecule has 3 heteroatoms. The van der Waals surface area contributed by atoms with Gasteiger partial charge in [-0.05, 0) is 97.6 Å². The molecule has 4 bridgehead atoms. The molecule has 3 nitrogen and oxygen atoms in total. The molecule has 1 atom stereocenters. The molecule has 1 aromatic carbocycles. The first-order chi connectivity index (χ1) is 13.6. The van der Waals surface area contributed by atoms with Crippen LogP contribution in [0.5, 0.6) is 5.75 Å². The summed E-state index contributed by atoms with van der Waals surface area (Å²) >= 11 is 0. The number of ether oxygens (including phenoxy) is 1. The second-order valence-electron chi connectivity index (χ2n) is 11.8. The summed E-state index contributed by atoms with van der Waals surface area (Å²) in [6.45, 7) is 11.5. The Hall–Kier alpha value is -1.51. The van der Waals surface area contributed by atoms with E-state index in [9.17, 15) is 4.79 Å². The quantitative estimate of drug-likeness (QED) is 0.585. The topological polar surface area (TPSA) is 38.3 Å². The largest absolute Gasteiger partial charge is 0.413 e. The molecule has 1 amide bonds. The lowest BCUT2D eigenvalue weighted by atomic mass is 9.53. The molecule has 4 aliphatic rings. The molecule has 0 spiro atoms. The predicted molar refractivity (Wildman–Crippen MR) is 118 cm³/mol. The van der Waals surface area contributed by atoms with Crippen LogP contribution in [0.15, 0.2) is 24.3 Å². The molecular formula is C26H39NO2. The molecule has 0 radical (unpaired) electrons. The monoisotopic (exact) mass is 397 g/mol. The van der Waals surface area contributed by atoms with E-state index in [0.29, 0.717) is 17.6 Å². The molecule has 0 aromatic heterocycles. The van der Waals surface area contributed by atoms with E-state index in [4.69, 9.17) is 4.74 Å². The van der Waals surface area contributed by atoms with Crippen molar-refractivity contribution in [2.24, 2.45) is 29.1 Å². The number of rotatable bonds is 5. The van der Waals surface area contributed by atoms with Gasteiger partial charge in [-0.3, -0.25) is 0 Å². The highest BCUT2D eigenvalue weighted by Gasteiger charge is 2.51. The van der Waals surface area contributed by atoms with Gasteiger partial charge in [-0.15, -0.1) is 0 Å². The van der Waals surface area contributed by atoms with E-state index in [-0.39, 0.29) is 17.0 Å². The maximum atomic E-state index is 12.7. The molecule has 1 unspecified atom stereocenters. The maximum Gasteiger partial charge on any atom is 0.413 e. The Bertz CT molecular complexity index is 693. The second kappa shape index (κ2) is 7.63. The molecule has 0 aliphatic heterocycles. The van der Waals surface area contributed by atoms with E-state index in [1.54, 1.807) is 0 Å². The lowest BCUT2D eigenvalue weighted by Crippen LogP contribution is -2.60. The normalized spacial score (nSPS) is 31.7. The van der Waals surface area contributed by atoms with Crippen molar-refractivity contribution in [3.63, 3.8) is 0 Å². The van der Waals surface area contributed by atoms with Gasteiger partial charge in [-0.1, -0.05) is 46.8 Å². The van der Waals surface area contributed by atoms with Crippen LogP contribution in [0.2, 0.25) is 0 Å². The first kappa shape index (κ1) is 20.8. The van der Waals surface area contributed by atoms with Crippen molar-refractivity contribution in [2.45, 2.75) is 91.0 Å². The van der Waals surface area contributed by atoms with Crippen molar-refractivity contribution in [1.82, 2.24) is 5.32 Å². The third-order valence-corrected chi connectivity index (χ3v) is 7.65. The van der Waals surface area contributed by atoms with Crippen LogP contribution < -0.4 is 10.1 Å². The van der Waals surface area contributed by atoms with Crippen LogP contribution in [-0.2, 0) is 0 Å². The number of benzene rings is 1. The number of nitrogens with one attached hydrogen (secondary N) is 1. The Kier molecular flexibility index (Phi) is 5.46. The first-order valence-electron chi connectivity index (χ1n) is 11.7. The van der Waals surface area contributed by atoms with E-state index >= 15 is 0 Å². The summed E-state index contributed by atoms with van der Waals surface area (Å²) in [6.07, 6.45) is 8.47. The Morgan fingerprint density at radius 3 is 2.00 bits per heavy atom. The van der Waals surface area contributed by atoms with Crippen molar-refractivity contribution in [2.75, 3.05) is 0 Å². The van der Waals surface area contributed by atoms with Crippen molar-refractivity contribution >= 4 is 6.09 Å². The van der Waals surface area contributed by atoms with Crippen LogP contribution in [0.25, 0.3) is 0 Å². The van der Waals surface area contributed by atoms with Crippen LogP contribution in [-0.4, -0.2) is 11.6 Å². The summed E-state index contributed by atoms with van der Waals surface area (Å²) in [4.78, 5) is 12.7. The summed E-state index contributed by atoms with van der Waals surface area (Å²) in [7, 11) is 0. The molecule has 29 heavy (non-hydrogen) atoms. The zero-order valence-corrected chi connectivity index (χ0v) is 19.0. The van der Waals surface area contributed by atoms with Crippen LogP contribution >= 0.6 is 0 Å². The summed E-state index contributed by atoms with van der Waals surface area (Å²) in [5.74, 6) is 4.25. The van der Waals surface area contributed by atoms with E-state index in [1.165, 1.54) is 24.8 Å². The molecule has 0 heterocycles. The standard InChI is InChI=1S/C26H39NO2/c1-17(2)10-23(25(3,4)5)21-6-8-22(9-7-21)29-24(28)27-26-14-18-11-19(15-26)13-20(12-18)16-26/h6-9,17-20,23H,10-16H2,1-5H3,(H,27,28). The zero-order valence-electron chi connectivity index (χ0n) is 19.0. The summed E-state index contributed by atoms with van der Waals surface area (Å²) in [6, 6.07) is 8.22. The minimum Gasteiger partial charge on any atom is -0.410 e. The Morgan fingerprint density at radius 2 is 1.55 bits per heavy atom. The highest BCUT2D eigenvalue weighted by atomic mass is 16.6. The van der Waals surface area contributed by atoms with E-state index in [2.05, 4.69) is 52.1 Å². The predicted octanol–water partition coefficient (Wildman–Crippen LogP) is 6.92. The van der Waals surface area contributed by atoms with Crippen LogP contribution in [0.4, 0.5) is 4.79 Å². The summed E-state index contributed by atoms with van der Waals surface area (Å²) in [5.41, 5.74) is 1.54. The average molecular weight is 398 g/mol. The fourth-order valence-electron chi connectivity index (χ4n) is 6.84. The van der Waals surface area contributed by atoms with Gasteiger partial charge in [0.15, 0.2) is 0 Å². The lowest BCUT2D eigenvalue weighted by molar-refractivity contribution is -0.0161. The van der Waals surface area contributed by atoms with Gasteiger partial charge < -0.3 is 10.1 Å². The lowest BCUT2D eigenvalue weighted by Gasteiger charge is -2.56. The Labute approximate surface area is 177 Å². The van der Waals surface area contributed by atoms with E-state index < -0.39 is 0 Å². The Balaban J connectivity index is 1.39. The second-order valence-corrected chi connectivity index (χ2v) is 11.8. The highest BCUT2D eigenvalue weighted by Crippen LogP contribution is 2.55. The number of carbonyl (C=O) groups is 1. The Morgan fingerprint density at radius 1 is 1.03 bits per heavy atom. The van der Waals surface area contributed by atoms with E-state index in [0.717, 1.165) is 43.4 Å². The molecule has 0 saturated heterocycles. The van der Waals surface area contributed by atoms with Crippen LogP contribution in [0, 0.1) is 29.1 Å². The molecule has 5 rings (SSSR count). The number of carbonyl (C=O) groups excluding carboxylic acids is 1. The van der Waals surface area contributed by atoms with Gasteiger partial charge in [-0.2, -0.15) is 0 Å². The third-order valence-electron chi connectivity index (χ3n) is 7.65. The van der Waals surface area contributed by atoms with Crippen molar-refractivity contribution in [3.8, 4) is 5.75 Å². The third kappa shape index (κ3) is 4.64. The molecule has 4 aliphatic carbocycles. The molecule has 1 aromatic rings. The average Bonchev–Trinajstić information content (AvgIpc) is 2.57. The minimum atomic E-state index is -0.269. The van der Waals surface area contributed by atoms with Gasteiger partial charge in [0.2, 0.25) is 0 Å². The smallest absolute Gasteiger partial charge is 0.410 e.